The maximum Gasteiger partial charge on any atom is 0.411 e. The molecule has 0 spiro atoms. The van der Waals surface area contributed by atoms with Crippen LogP contribution in [0.5, 0.6) is 0 Å². The summed E-state index contributed by atoms with van der Waals surface area (Å²) >= 11 is 0. The van der Waals surface area contributed by atoms with Gasteiger partial charge in [0, 0.05) is 23.9 Å². The fourth-order valence-electron chi connectivity index (χ4n) is 4.00. The number of carbonyl (C=O) groups excluding carboxylic acids is 2. The number of amides is 2. The summed E-state index contributed by atoms with van der Waals surface area (Å²) in [6, 6.07) is 18.1. The second-order valence-electron chi connectivity index (χ2n) is 9.29. The molecule has 0 bridgehead atoms. The van der Waals surface area contributed by atoms with Crippen molar-refractivity contribution in [3.8, 4) is 0 Å². The van der Waals surface area contributed by atoms with E-state index in [-0.39, 0.29) is 11.5 Å². The zero-order chi connectivity index (χ0) is 27.3. The lowest BCUT2D eigenvalue weighted by Crippen LogP contribution is -2.35. The van der Waals surface area contributed by atoms with Crippen LogP contribution in [-0.2, 0) is 11.3 Å². The predicted molar refractivity (Wildman–Crippen MR) is 149 cm³/mol. The summed E-state index contributed by atoms with van der Waals surface area (Å²) in [6.07, 6.45) is 1.82. The van der Waals surface area contributed by atoms with Crippen molar-refractivity contribution in [2.24, 2.45) is 5.92 Å². The Morgan fingerprint density at radius 1 is 1.05 bits per heavy atom. The SMILES string of the molecule is CCOC(=O)Nc1cccc(Cn2nc(C)ccc2=O)c1.Cc1ccc(C(=O)NCC2CCNCC2)cc1. The van der Waals surface area contributed by atoms with Crippen molar-refractivity contribution in [1.29, 1.82) is 0 Å². The van der Waals surface area contributed by atoms with Crippen molar-refractivity contribution in [2.75, 3.05) is 31.6 Å². The number of hydrogen-bond donors (Lipinski definition) is 3. The molecule has 2 aromatic carbocycles. The van der Waals surface area contributed by atoms with E-state index < -0.39 is 6.09 Å². The minimum atomic E-state index is -0.500. The molecule has 1 aliphatic rings. The molecule has 9 heteroatoms. The number of piperidine rings is 1. The lowest BCUT2D eigenvalue weighted by molar-refractivity contribution is 0.0944. The summed E-state index contributed by atoms with van der Waals surface area (Å²) in [5.74, 6) is 0.675. The number of ether oxygens (including phenoxy) is 1. The minimum Gasteiger partial charge on any atom is -0.450 e. The normalized spacial score (nSPS) is 13.1. The quantitative estimate of drug-likeness (QED) is 0.436. The van der Waals surface area contributed by atoms with Crippen LogP contribution >= 0.6 is 0 Å². The van der Waals surface area contributed by atoms with Gasteiger partial charge in [-0.2, -0.15) is 5.10 Å². The molecule has 0 atom stereocenters. The van der Waals surface area contributed by atoms with E-state index in [1.165, 1.54) is 16.3 Å². The van der Waals surface area contributed by atoms with E-state index in [0.29, 0.717) is 24.8 Å². The van der Waals surface area contributed by atoms with Crippen molar-refractivity contribution < 1.29 is 14.3 Å². The van der Waals surface area contributed by atoms with E-state index in [0.717, 1.165) is 49.3 Å². The van der Waals surface area contributed by atoms with Crippen molar-refractivity contribution in [3.05, 3.63) is 93.4 Å². The third-order valence-corrected chi connectivity index (χ3v) is 6.10. The Morgan fingerprint density at radius 2 is 1.79 bits per heavy atom. The molecule has 2 amide bonds. The zero-order valence-electron chi connectivity index (χ0n) is 22.3. The first-order chi connectivity index (χ1) is 18.3. The molecule has 3 N–H and O–H groups in total. The molecular formula is C29H37N5O4. The number of benzene rings is 2. The van der Waals surface area contributed by atoms with E-state index in [4.69, 9.17) is 4.74 Å². The van der Waals surface area contributed by atoms with E-state index in [1.807, 2.05) is 44.2 Å². The average Bonchev–Trinajstić information content (AvgIpc) is 2.91. The third-order valence-electron chi connectivity index (χ3n) is 6.10. The Labute approximate surface area is 223 Å². The number of aromatic nitrogens is 2. The topological polar surface area (TPSA) is 114 Å². The summed E-state index contributed by atoms with van der Waals surface area (Å²) < 4.78 is 6.21. The fourth-order valence-corrected chi connectivity index (χ4v) is 4.00. The second kappa shape index (κ2) is 14.7. The van der Waals surface area contributed by atoms with Crippen LogP contribution < -0.4 is 21.5 Å². The van der Waals surface area contributed by atoms with Crippen LogP contribution in [0.15, 0.2) is 65.5 Å². The van der Waals surface area contributed by atoms with E-state index in [9.17, 15) is 14.4 Å². The monoisotopic (exact) mass is 519 g/mol. The Bertz CT molecular complexity index is 1250. The highest BCUT2D eigenvalue weighted by molar-refractivity contribution is 5.94. The van der Waals surface area contributed by atoms with Gasteiger partial charge in [-0.1, -0.05) is 29.8 Å². The molecule has 1 aromatic heterocycles. The van der Waals surface area contributed by atoms with E-state index >= 15 is 0 Å². The number of nitrogens with zero attached hydrogens (tertiary/aromatic N) is 2. The molecule has 1 fully saturated rings. The molecule has 2 heterocycles. The van der Waals surface area contributed by atoms with Gasteiger partial charge in [0.2, 0.25) is 0 Å². The fraction of sp³-hybridized carbons (Fsp3) is 0.379. The van der Waals surface area contributed by atoms with E-state index in [2.05, 4.69) is 21.0 Å². The molecule has 202 valence electrons. The molecule has 9 nitrogen and oxygen atoms in total. The first-order valence-corrected chi connectivity index (χ1v) is 13.0. The standard InChI is InChI=1S/C15H17N3O3.C14H20N2O/c1-3-21-15(20)16-13-6-4-5-12(9-13)10-18-14(19)8-7-11(2)17-18;1-11-2-4-13(5-3-11)14(17)16-10-12-6-8-15-9-7-12/h4-9H,3,10H2,1-2H3,(H,16,20);2-5,12,15H,6-10H2,1H3,(H,16,17). The minimum absolute atomic E-state index is 0.0449. The summed E-state index contributed by atoms with van der Waals surface area (Å²) in [4.78, 5) is 35.0. The van der Waals surface area contributed by atoms with Gasteiger partial charge in [0.05, 0.1) is 18.8 Å². The lowest BCUT2D eigenvalue weighted by atomic mass is 9.98. The Morgan fingerprint density at radius 3 is 2.50 bits per heavy atom. The maximum absolute atomic E-state index is 11.9. The molecule has 0 radical (unpaired) electrons. The molecule has 0 aliphatic carbocycles. The van der Waals surface area contributed by atoms with Gasteiger partial charge >= 0.3 is 6.09 Å². The highest BCUT2D eigenvalue weighted by atomic mass is 16.5. The largest absolute Gasteiger partial charge is 0.450 e. The van der Waals surface area contributed by atoms with Gasteiger partial charge < -0.3 is 15.4 Å². The smallest absolute Gasteiger partial charge is 0.411 e. The number of nitrogens with one attached hydrogen (secondary N) is 3. The van der Waals surface area contributed by atoms with Gasteiger partial charge in [0.15, 0.2) is 0 Å². The van der Waals surface area contributed by atoms with Gasteiger partial charge in [0.1, 0.15) is 0 Å². The van der Waals surface area contributed by atoms with Crippen molar-refractivity contribution in [2.45, 2.75) is 40.2 Å². The van der Waals surface area contributed by atoms with Crippen LogP contribution in [0.4, 0.5) is 10.5 Å². The van der Waals surface area contributed by atoms with Gasteiger partial charge in [0.25, 0.3) is 11.5 Å². The summed E-state index contributed by atoms with van der Waals surface area (Å²) in [6.45, 7) is 9.20. The summed E-state index contributed by atoms with van der Waals surface area (Å²) in [7, 11) is 0. The Balaban J connectivity index is 0.000000215. The predicted octanol–water partition coefficient (Wildman–Crippen LogP) is 3.89. The number of rotatable bonds is 7. The van der Waals surface area contributed by atoms with Gasteiger partial charge in [-0.25, -0.2) is 9.48 Å². The molecule has 0 unspecified atom stereocenters. The number of hydrogen-bond acceptors (Lipinski definition) is 6. The zero-order valence-corrected chi connectivity index (χ0v) is 22.3. The van der Waals surface area contributed by atoms with Crippen molar-refractivity contribution in [3.63, 3.8) is 0 Å². The second-order valence-corrected chi connectivity index (χ2v) is 9.29. The van der Waals surface area contributed by atoms with Crippen molar-refractivity contribution >= 4 is 17.7 Å². The van der Waals surface area contributed by atoms with Crippen LogP contribution in [0.25, 0.3) is 0 Å². The molecular weight excluding hydrogens is 482 g/mol. The summed E-state index contributed by atoms with van der Waals surface area (Å²) in [5, 5.41) is 13.2. The average molecular weight is 520 g/mol. The molecule has 1 saturated heterocycles. The molecule has 4 rings (SSSR count). The Hall–Kier alpha value is -3.98. The maximum atomic E-state index is 11.9. The van der Waals surface area contributed by atoms with Crippen LogP contribution in [-0.4, -0.2) is 48.0 Å². The van der Waals surface area contributed by atoms with Gasteiger partial charge in [-0.3, -0.25) is 14.9 Å². The molecule has 1 aliphatic heterocycles. The molecule has 38 heavy (non-hydrogen) atoms. The van der Waals surface area contributed by atoms with Crippen LogP contribution in [0.1, 0.15) is 46.9 Å². The number of anilines is 1. The molecule has 0 saturated carbocycles. The van der Waals surface area contributed by atoms with Crippen molar-refractivity contribution in [1.82, 2.24) is 20.4 Å². The molecule has 3 aromatic rings. The van der Waals surface area contributed by atoms with Gasteiger partial charge in [-0.05, 0) is 88.5 Å². The Kier molecular flexibility index (Phi) is 11.0. The third kappa shape index (κ3) is 9.48. The van der Waals surface area contributed by atoms with Gasteiger partial charge in [-0.15, -0.1) is 0 Å². The van der Waals surface area contributed by atoms with Crippen LogP contribution in [0.3, 0.4) is 0 Å². The number of carbonyl (C=O) groups is 2. The first kappa shape index (κ1) is 28.6. The highest BCUT2D eigenvalue weighted by Gasteiger charge is 2.14. The first-order valence-electron chi connectivity index (χ1n) is 13.0. The van der Waals surface area contributed by atoms with E-state index in [1.54, 1.807) is 31.2 Å². The number of aryl methyl sites for hydroxylation is 2. The van der Waals surface area contributed by atoms with Crippen LogP contribution in [0, 0.1) is 19.8 Å². The van der Waals surface area contributed by atoms with Crippen LogP contribution in [0.2, 0.25) is 0 Å². The highest BCUT2D eigenvalue weighted by Crippen LogP contribution is 2.12. The lowest BCUT2D eigenvalue weighted by Gasteiger charge is -2.22. The summed E-state index contributed by atoms with van der Waals surface area (Å²) in [5.41, 5.74) is 4.03.